The zero-order chi connectivity index (χ0) is 16.3. The van der Waals surface area contributed by atoms with Gasteiger partial charge in [0.25, 0.3) is 0 Å². The van der Waals surface area contributed by atoms with Gasteiger partial charge in [-0.15, -0.1) is 0 Å². The molecule has 0 aromatic carbocycles. The Morgan fingerprint density at radius 3 is 3.00 bits per heavy atom. The molecule has 0 radical (unpaired) electrons. The molecule has 23 heavy (non-hydrogen) atoms. The average Bonchev–Trinajstić information content (AvgIpc) is 2.99. The predicted octanol–water partition coefficient (Wildman–Crippen LogP) is 2.35. The number of hydrogen-bond acceptors (Lipinski definition) is 5. The molecule has 3 rings (SSSR count). The second kappa shape index (κ2) is 6.81. The molecule has 2 aromatic rings. The summed E-state index contributed by atoms with van der Waals surface area (Å²) in [7, 11) is 0. The molecule has 0 saturated heterocycles. The Hall–Kier alpha value is -1.72. The van der Waals surface area contributed by atoms with E-state index in [2.05, 4.69) is 35.4 Å². The SMILES string of the molecule is CC1(C)C(Cc2cc(CCO)on2)CC1NCc1cccnc1. The molecule has 5 heteroatoms. The van der Waals surface area contributed by atoms with E-state index in [-0.39, 0.29) is 12.0 Å². The highest BCUT2D eigenvalue weighted by Crippen LogP contribution is 2.47. The standard InChI is InChI=1S/C18H25N3O2/c1-18(2)14(8-15-10-16(5-7-22)23-21-15)9-17(18)20-12-13-4-3-6-19-11-13/h3-4,6,10-11,14,17,20,22H,5,7-9,12H2,1-2H3. The van der Waals surface area contributed by atoms with Crippen molar-refractivity contribution in [1.29, 1.82) is 0 Å². The van der Waals surface area contributed by atoms with Crippen LogP contribution in [0.5, 0.6) is 0 Å². The van der Waals surface area contributed by atoms with E-state index in [1.807, 2.05) is 18.3 Å². The number of rotatable bonds is 7. The van der Waals surface area contributed by atoms with Crippen LogP contribution in [0.2, 0.25) is 0 Å². The van der Waals surface area contributed by atoms with Crippen molar-refractivity contribution in [2.24, 2.45) is 11.3 Å². The summed E-state index contributed by atoms with van der Waals surface area (Å²) in [6, 6.07) is 6.56. The minimum absolute atomic E-state index is 0.101. The van der Waals surface area contributed by atoms with Crippen LogP contribution in [0.25, 0.3) is 0 Å². The van der Waals surface area contributed by atoms with Gasteiger partial charge in [-0.3, -0.25) is 4.98 Å². The Morgan fingerprint density at radius 2 is 2.30 bits per heavy atom. The van der Waals surface area contributed by atoms with E-state index in [1.54, 1.807) is 6.20 Å². The lowest BCUT2D eigenvalue weighted by Gasteiger charge is -2.52. The van der Waals surface area contributed by atoms with Crippen LogP contribution in [0.3, 0.4) is 0 Å². The summed E-state index contributed by atoms with van der Waals surface area (Å²) in [5, 5.41) is 16.7. The average molecular weight is 315 g/mol. The Balaban J connectivity index is 1.51. The van der Waals surface area contributed by atoms with Gasteiger partial charge in [0.15, 0.2) is 0 Å². The molecule has 1 aliphatic rings. The Kier molecular flexibility index (Phi) is 4.78. The summed E-state index contributed by atoms with van der Waals surface area (Å²) in [6.45, 7) is 5.59. The number of nitrogens with zero attached hydrogens (tertiary/aromatic N) is 2. The predicted molar refractivity (Wildman–Crippen MR) is 87.7 cm³/mol. The van der Waals surface area contributed by atoms with Gasteiger partial charge in [0.05, 0.1) is 12.3 Å². The first kappa shape index (κ1) is 16.1. The van der Waals surface area contributed by atoms with Crippen molar-refractivity contribution < 1.29 is 9.63 Å². The molecule has 2 aromatic heterocycles. The monoisotopic (exact) mass is 315 g/mol. The molecule has 0 amide bonds. The van der Waals surface area contributed by atoms with Gasteiger partial charge in [0, 0.05) is 37.5 Å². The van der Waals surface area contributed by atoms with E-state index in [0.29, 0.717) is 18.4 Å². The van der Waals surface area contributed by atoms with Crippen molar-refractivity contribution in [3.63, 3.8) is 0 Å². The lowest BCUT2D eigenvalue weighted by Crippen LogP contribution is -2.57. The normalized spacial score (nSPS) is 22.7. The number of aliphatic hydroxyl groups is 1. The number of nitrogens with one attached hydrogen (secondary N) is 1. The third-order valence-corrected chi connectivity index (χ3v) is 5.17. The maximum Gasteiger partial charge on any atom is 0.139 e. The maximum absolute atomic E-state index is 8.94. The number of hydrogen-bond donors (Lipinski definition) is 2. The fourth-order valence-corrected chi connectivity index (χ4v) is 3.38. The van der Waals surface area contributed by atoms with E-state index < -0.39 is 0 Å². The van der Waals surface area contributed by atoms with E-state index >= 15 is 0 Å². The molecule has 2 heterocycles. The second-order valence-electron chi connectivity index (χ2n) is 7.01. The molecule has 1 aliphatic carbocycles. The highest BCUT2D eigenvalue weighted by atomic mass is 16.5. The largest absolute Gasteiger partial charge is 0.396 e. The van der Waals surface area contributed by atoms with Crippen LogP contribution in [0.1, 0.15) is 37.3 Å². The molecule has 2 atom stereocenters. The van der Waals surface area contributed by atoms with Crippen LogP contribution in [-0.4, -0.2) is 27.9 Å². The third kappa shape index (κ3) is 3.62. The van der Waals surface area contributed by atoms with Crippen molar-refractivity contribution in [3.05, 3.63) is 47.6 Å². The van der Waals surface area contributed by atoms with Gasteiger partial charge in [0.1, 0.15) is 5.76 Å². The topological polar surface area (TPSA) is 71.2 Å². The molecule has 2 unspecified atom stereocenters. The zero-order valence-electron chi connectivity index (χ0n) is 13.8. The van der Waals surface area contributed by atoms with Gasteiger partial charge in [-0.2, -0.15) is 0 Å². The molecule has 0 bridgehead atoms. The smallest absolute Gasteiger partial charge is 0.139 e. The van der Waals surface area contributed by atoms with Crippen LogP contribution in [0, 0.1) is 11.3 Å². The van der Waals surface area contributed by atoms with Gasteiger partial charge in [0.2, 0.25) is 0 Å². The van der Waals surface area contributed by atoms with Gasteiger partial charge < -0.3 is 14.9 Å². The molecular weight excluding hydrogens is 290 g/mol. The molecule has 0 spiro atoms. The van der Waals surface area contributed by atoms with Crippen LogP contribution in [0.15, 0.2) is 35.1 Å². The van der Waals surface area contributed by atoms with Gasteiger partial charge in [-0.05, 0) is 35.8 Å². The molecule has 1 saturated carbocycles. The summed E-state index contributed by atoms with van der Waals surface area (Å²) in [5.74, 6) is 1.37. The van der Waals surface area contributed by atoms with E-state index in [9.17, 15) is 0 Å². The molecule has 5 nitrogen and oxygen atoms in total. The quantitative estimate of drug-likeness (QED) is 0.820. The molecule has 2 N–H and O–H groups in total. The highest BCUT2D eigenvalue weighted by Gasteiger charge is 2.47. The van der Waals surface area contributed by atoms with Crippen molar-refractivity contribution in [3.8, 4) is 0 Å². The van der Waals surface area contributed by atoms with Crippen LogP contribution in [0.4, 0.5) is 0 Å². The molecular formula is C18H25N3O2. The summed E-state index contributed by atoms with van der Waals surface area (Å²) >= 11 is 0. The summed E-state index contributed by atoms with van der Waals surface area (Å²) in [5.41, 5.74) is 2.45. The van der Waals surface area contributed by atoms with Crippen molar-refractivity contribution in [2.75, 3.05) is 6.61 Å². The molecule has 1 fully saturated rings. The Morgan fingerprint density at radius 1 is 1.43 bits per heavy atom. The summed E-state index contributed by atoms with van der Waals surface area (Å²) in [4.78, 5) is 4.15. The van der Waals surface area contributed by atoms with Crippen LogP contribution in [-0.2, 0) is 19.4 Å². The van der Waals surface area contributed by atoms with E-state index in [0.717, 1.165) is 30.8 Å². The van der Waals surface area contributed by atoms with E-state index in [4.69, 9.17) is 9.63 Å². The van der Waals surface area contributed by atoms with Crippen molar-refractivity contribution in [1.82, 2.24) is 15.5 Å². The third-order valence-electron chi connectivity index (χ3n) is 5.17. The first-order valence-corrected chi connectivity index (χ1v) is 8.27. The minimum Gasteiger partial charge on any atom is -0.396 e. The van der Waals surface area contributed by atoms with E-state index in [1.165, 1.54) is 5.56 Å². The van der Waals surface area contributed by atoms with Crippen LogP contribution >= 0.6 is 0 Å². The Labute approximate surface area is 137 Å². The molecule has 0 aliphatic heterocycles. The Bertz CT molecular complexity index is 624. The summed E-state index contributed by atoms with van der Waals surface area (Å²) < 4.78 is 5.24. The second-order valence-corrected chi connectivity index (χ2v) is 7.01. The van der Waals surface area contributed by atoms with Crippen LogP contribution < -0.4 is 5.32 Å². The van der Waals surface area contributed by atoms with Gasteiger partial charge >= 0.3 is 0 Å². The lowest BCUT2D eigenvalue weighted by atomic mass is 9.57. The minimum atomic E-state index is 0.101. The number of aromatic nitrogens is 2. The number of pyridine rings is 1. The summed E-state index contributed by atoms with van der Waals surface area (Å²) in [6.07, 6.45) is 6.34. The zero-order valence-corrected chi connectivity index (χ0v) is 13.8. The maximum atomic E-state index is 8.94. The van der Waals surface area contributed by atoms with Gasteiger partial charge in [-0.25, -0.2) is 0 Å². The lowest BCUT2D eigenvalue weighted by molar-refractivity contribution is 0.0125. The first-order valence-electron chi connectivity index (χ1n) is 8.27. The highest BCUT2D eigenvalue weighted by molar-refractivity contribution is 5.13. The van der Waals surface area contributed by atoms with Gasteiger partial charge in [-0.1, -0.05) is 25.1 Å². The fourth-order valence-electron chi connectivity index (χ4n) is 3.38. The number of aliphatic hydroxyl groups excluding tert-OH is 1. The molecule has 124 valence electrons. The van der Waals surface area contributed by atoms with Crippen molar-refractivity contribution in [2.45, 2.75) is 45.7 Å². The fraction of sp³-hybridized carbons (Fsp3) is 0.556. The first-order chi connectivity index (χ1) is 11.1. The van der Waals surface area contributed by atoms with Crippen molar-refractivity contribution >= 4 is 0 Å².